The zero-order valence-electron chi connectivity index (χ0n) is 12.7. The fourth-order valence-electron chi connectivity index (χ4n) is 2.62. The van der Waals surface area contributed by atoms with Crippen LogP contribution in [0.25, 0.3) is 0 Å². The van der Waals surface area contributed by atoms with Crippen LogP contribution in [0.5, 0.6) is 5.75 Å². The van der Waals surface area contributed by atoms with Crippen molar-refractivity contribution in [3.05, 3.63) is 29.3 Å². The van der Waals surface area contributed by atoms with Crippen molar-refractivity contribution in [2.45, 2.75) is 46.0 Å². The van der Waals surface area contributed by atoms with E-state index in [0.29, 0.717) is 6.61 Å². The molecule has 1 aromatic rings. The monoisotopic (exact) mass is 286 g/mol. The summed E-state index contributed by atoms with van der Waals surface area (Å²) in [5, 5.41) is 21.3. The van der Waals surface area contributed by atoms with Crippen molar-refractivity contribution >= 4 is 5.71 Å². The molecule has 0 spiro atoms. The first-order valence-corrected chi connectivity index (χ1v) is 7.44. The maximum atomic E-state index is 8.97. The van der Waals surface area contributed by atoms with Crippen molar-refractivity contribution in [2.24, 2.45) is 10.6 Å². The van der Waals surface area contributed by atoms with Crippen LogP contribution in [0.4, 0.5) is 0 Å². The Hall–Kier alpha value is -2.02. The lowest BCUT2D eigenvalue weighted by molar-refractivity contribution is 0.292. The molecule has 112 valence electrons. The first kappa shape index (κ1) is 15.4. The van der Waals surface area contributed by atoms with Crippen LogP contribution in [0.2, 0.25) is 0 Å². The zero-order valence-corrected chi connectivity index (χ0v) is 12.7. The summed E-state index contributed by atoms with van der Waals surface area (Å²) in [5.74, 6) is 0.894. The molecule has 4 heteroatoms. The topological polar surface area (TPSA) is 65.6 Å². The van der Waals surface area contributed by atoms with E-state index in [9.17, 15) is 0 Å². The van der Waals surface area contributed by atoms with E-state index in [0.717, 1.165) is 54.7 Å². The minimum Gasteiger partial charge on any atom is -0.493 e. The minimum atomic E-state index is -0.250. The Labute approximate surface area is 126 Å². The Bertz CT molecular complexity index is 571. The number of hydrogen-bond acceptors (Lipinski definition) is 4. The highest BCUT2D eigenvalue weighted by Gasteiger charge is 2.21. The molecule has 0 fully saturated rings. The number of benzene rings is 1. The highest BCUT2D eigenvalue weighted by molar-refractivity contribution is 6.04. The van der Waals surface area contributed by atoms with Gasteiger partial charge in [-0.15, -0.1) is 0 Å². The summed E-state index contributed by atoms with van der Waals surface area (Å²) in [6.45, 7) is 4.59. The second-order valence-corrected chi connectivity index (χ2v) is 6.13. The van der Waals surface area contributed by atoms with Crippen molar-refractivity contribution in [3.8, 4) is 11.8 Å². The van der Waals surface area contributed by atoms with E-state index < -0.39 is 0 Å². The van der Waals surface area contributed by atoms with Gasteiger partial charge in [0, 0.05) is 11.1 Å². The van der Waals surface area contributed by atoms with Gasteiger partial charge in [-0.1, -0.05) is 17.3 Å². The fourth-order valence-corrected chi connectivity index (χ4v) is 2.62. The zero-order chi connectivity index (χ0) is 15.3. The molecule has 0 saturated heterocycles. The minimum absolute atomic E-state index is 0.250. The van der Waals surface area contributed by atoms with Crippen molar-refractivity contribution < 1.29 is 9.94 Å². The molecule has 21 heavy (non-hydrogen) atoms. The SMILES string of the molecule is CC(C)(C#N)CCCCOc1cccc2c1CC/C2=N\O. The van der Waals surface area contributed by atoms with Crippen molar-refractivity contribution in [3.63, 3.8) is 0 Å². The molecule has 0 heterocycles. The second-order valence-electron chi connectivity index (χ2n) is 6.13. The van der Waals surface area contributed by atoms with Crippen LogP contribution in [0.1, 0.15) is 50.7 Å². The van der Waals surface area contributed by atoms with E-state index in [1.54, 1.807) is 0 Å². The third-order valence-corrected chi connectivity index (χ3v) is 3.93. The maximum Gasteiger partial charge on any atom is 0.123 e. The van der Waals surface area contributed by atoms with Crippen molar-refractivity contribution in [1.82, 2.24) is 0 Å². The van der Waals surface area contributed by atoms with Crippen LogP contribution >= 0.6 is 0 Å². The van der Waals surface area contributed by atoms with Crippen molar-refractivity contribution in [2.75, 3.05) is 6.61 Å². The Balaban J connectivity index is 1.86. The molecule has 0 atom stereocenters. The van der Waals surface area contributed by atoms with E-state index in [1.807, 2.05) is 32.0 Å². The molecule has 2 rings (SSSR count). The molecule has 0 unspecified atom stereocenters. The standard InChI is InChI=1S/C17H22N2O2/c1-17(2,12-18)10-3-4-11-21-16-7-5-6-13-14(16)8-9-15(13)19-20/h5-7,20H,3-4,8-11H2,1-2H3/b19-15+. The average molecular weight is 286 g/mol. The lowest BCUT2D eigenvalue weighted by atomic mass is 9.89. The Kier molecular flexibility index (Phi) is 4.85. The molecule has 0 bridgehead atoms. The predicted octanol–water partition coefficient (Wildman–Crippen LogP) is 3.91. The molecular formula is C17H22N2O2. The van der Waals surface area contributed by atoms with Gasteiger partial charge in [-0.2, -0.15) is 5.26 Å². The van der Waals surface area contributed by atoms with Gasteiger partial charge in [0.05, 0.1) is 23.8 Å². The van der Waals surface area contributed by atoms with E-state index in [1.165, 1.54) is 0 Å². The van der Waals surface area contributed by atoms with Gasteiger partial charge in [0.25, 0.3) is 0 Å². The smallest absolute Gasteiger partial charge is 0.123 e. The first-order chi connectivity index (χ1) is 10.1. The van der Waals surface area contributed by atoms with Gasteiger partial charge in [0.2, 0.25) is 0 Å². The third kappa shape index (κ3) is 3.75. The highest BCUT2D eigenvalue weighted by Crippen LogP contribution is 2.31. The molecule has 0 saturated carbocycles. The predicted molar refractivity (Wildman–Crippen MR) is 81.8 cm³/mol. The molecule has 0 radical (unpaired) electrons. The Morgan fingerprint density at radius 1 is 1.33 bits per heavy atom. The van der Waals surface area contributed by atoms with E-state index in [4.69, 9.17) is 15.2 Å². The molecule has 1 aromatic carbocycles. The number of ether oxygens (including phenoxy) is 1. The summed E-state index contributed by atoms with van der Waals surface area (Å²) in [6, 6.07) is 8.19. The molecule has 1 aliphatic carbocycles. The van der Waals surface area contributed by atoms with Crippen LogP contribution < -0.4 is 4.74 Å². The highest BCUT2D eigenvalue weighted by atomic mass is 16.5. The lowest BCUT2D eigenvalue weighted by Gasteiger charge is -2.15. The second kappa shape index (κ2) is 6.62. The molecule has 0 aromatic heterocycles. The van der Waals surface area contributed by atoms with E-state index in [-0.39, 0.29) is 5.41 Å². The average Bonchev–Trinajstić information content (AvgIpc) is 2.90. The van der Waals surface area contributed by atoms with Crippen molar-refractivity contribution in [1.29, 1.82) is 5.26 Å². The Morgan fingerprint density at radius 2 is 2.14 bits per heavy atom. The number of unbranched alkanes of at least 4 members (excludes halogenated alkanes) is 1. The number of fused-ring (bicyclic) bond motifs is 1. The number of oxime groups is 1. The van der Waals surface area contributed by atoms with Crippen LogP contribution in [0, 0.1) is 16.7 Å². The van der Waals surface area contributed by atoms with Gasteiger partial charge in [-0.3, -0.25) is 0 Å². The molecule has 1 aliphatic rings. The van der Waals surface area contributed by atoms with Crippen LogP contribution in [-0.2, 0) is 6.42 Å². The third-order valence-electron chi connectivity index (χ3n) is 3.93. The van der Waals surface area contributed by atoms with E-state index in [2.05, 4.69) is 11.2 Å². The summed E-state index contributed by atoms with van der Waals surface area (Å²) in [7, 11) is 0. The molecule has 1 N–H and O–H groups in total. The summed E-state index contributed by atoms with van der Waals surface area (Å²) in [6.07, 6.45) is 4.45. The number of nitrogens with zero attached hydrogens (tertiary/aromatic N) is 2. The quantitative estimate of drug-likeness (QED) is 0.490. The summed E-state index contributed by atoms with van der Waals surface area (Å²) >= 11 is 0. The normalized spacial score (nSPS) is 15.8. The van der Waals surface area contributed by atoms with Gasteiger partial charge >= 0.3 is 0 Å². The Morgan fingerprint density at radius 3 is 2.86 bits per heavy atom. The van der Waals surface area contributed by atoms with Gasteiger partial charge in [-0.25, -0.2) is 0 Å². The first-order valence-electron chi connectivity index (χ1n) is 7.44. The van der Waals surface area contributed by atoms with Crippen LogP contribution in [-0.4, -0.2) is 17.5 Å². The summed E-state index contributed by atoms with van der Waals surface area (Å²) in [5.41, 5.74) is 2.63. The number of rotatable bonds is 6. The number of hydrogen-bond donors (Lipinski definition) is 1. The largest absolute Gasteiger partial charge is 0.493 e. The molecule has 0 aliphatic heterocycles. The van der Waals surface area contributed by atoms with Crippen LogP contribution in [0.15, 0.2) is 23.4 Å². The van der Waals surface area contributed by atoms with Crippen LogP contribution in [0.3, 0.4) is 0 Å². The summed E-state index contributed by atoms with van der Waals surface area (Å²) < 4.78 is 5.87. The summed E-state index contributed by atoms with van der Waals surface area (Å²) in [4.78, 5) is 0. The maximum absolute atomic E-state index is 8.97. The van der Waals surface area contributed by atoms with E-state index >= 15 is 0 Å². The van der Waals surface area contributed by atoms with Gasteiger partial charge in [-0.05, 0) is 52.0 Å². The molecule has 4 nitrogen and oxygen atoms in total. The molecule has 0 amide bonds. The lowest BCUT2D eigenvalue weighted by Crippen LogP contribution is -2.08. The van der Waals surface area contributed by atoms with Gasteiger partial charge < -0.3 is 9.94 Å². The molecular weight excluding hydrogens is 264 g/mol. The van der Waals surface area contributed by atoms with Gasteiger partial charge in [0.15, 0.2) is 0 Å². The fraction of sp³-hybridized carbons (Fsp3) is 0.529. The number of nitriles is 1. The van der Waals surface area contributed by atoms with Gasteiger partial charge in [0.1, 0.15) is 5.75 Å².